The highest BCUT2D eigenvalue weighted by Gasteiger charge is 2.17. The lowest BCUT2D eigenvalue weighted by Crippen LogP contribution is -1.98. The summed E-state index contributed by atoms with van der Waals surface area (Å²) in [5.41, 5.74) is 8.80. The topological polar surface area (TPSA) is 73.2 Å². The van der Waals surface area contributed by atoms with Crippen molar-refractivity contribution >= 4 is 5.82 Å². The lowest BCUT2D eigenvalue weighted by atomic mass is 10.0. The standard InChI is InChI=1S/C13H15N3O2/c1-8-9(10-7-15-16-13(10)14)3-4-11-12(8)18-6-2-5-17-11/h3-4,7H,2,5-6H2,1H3,(H3,14,15,16). The molecule has 0 saturated carbocycles. The molecule has 0 saturated heterocycles. The smallest absolute Gasteiger partial charge is 0.164 e. The van der Waals surface area contributed by atoms with Gasteiger partial charge in [0.15, 0.2) is 11.5 Å². The first-order valence-corrected chi connectivity index (χ1v) is 5.96. The minimum atomic E-state index is 0.563. The van der Waals surface area contributed by atoms with Crippen LogP contribution in [-0.4, -0.2) is 23.4 Å². The molecule has 1 aliphatic rings. The molecule has 0 aliphatic carbocycles. The fraction of sp³-hybridized carbons (Fsp3) is 0.308. The summed E-state index contributed by atoms with van der Waals surface area (Å²) >= 11 is 0. The summed E-state index contributed by atoms with van der Waals surface area (Å²) in [6, 6.07) is 3.92. The number of rotatable bonds is 1. The van der Waals surface area contributed by atoms with Crippen molar-refractivity contribution in [3.8, 4) is 22.6 Å². The number of ether oxygens (including phenoxy) is 2. The Hall–Kier alpha value is -2.17. The quantitative estimate of drug-likeness (QED) is 0.807. The van der Waals surface area contributed by atoms with Crippen LogP contribution in [0.1, 0.15) is 12.0 Å². The predicted molar refractivity (Wildman–Crippen MR) is 68.8 cm³/mol. The zero-order valence-corrected chi connectivity index (χ0v) is 10.2. The van der Waals surface area contributed by atoms with Gasteiger partial charge in [-0.2, -0.15) is 5.10 Å². The third-order valence-electron chi connectivity index (χ3n) is 3.12. The molecule has 0 spiro atoms. The number of aromatic nitrogens is 2. The van der Waals surface area contributed by atoms with Crippen LogP contribution < -0.4 is 15.2 Å². The first-order chi connectivity index (χ1) is 8.77. The van der Waals surface area contributed by atoms with E-state index in [0.29, 0.717) is 19.0 Å². The number of H-pyrrole nitrogens is 1. The molecule has 1 aliphatic heterocycles. The van der Waals surface area contributed by atoms with Crippen LogP contribution in [0.15, 0.2) is 18.3 Å². The molecule has 5 nitrogen and oxygen atoms in total. The Balaban J connectivity index is 2.13. The van der Waals surface area contributed by atoms with Gasteiger partial charge in [0.25, 0.3) is 0 Å². The van der Waals surface area contributed by atoms with Crippen molar-refractivity contribution in [2.45, 2.75) is 13.3 Å². The number of nitrogens with one attached hydrogen (secondary N) is 1. The number of nitrogens with zero attached hydrogens (tertiary/aromatic N) is 1. The summed E-state index contributed by atoms with van der Waals surface area (Å²) in [5.74, 6) is 2.18. The van der Waals surface area contributed by atoms with Crippen molar-refractivity contribution in [1.29, 1.82) is 0 Å². The summed E-state index contributed by atoms with van der Waals surface area (Å²) in [4.78, 5) is 0. The number of anilines is 1. The van der Waals surface area contributed by atoms with Crippen molar-refractivity contribution in [3.05, 3.63) is 23.9 Å². The molecule has 0 atom stereocenters. The van der Waals surface area contributed by atoms with Crippen molar-refractivity contribution in [3.63, 3.8) is 0 Å². The van der Waals surface area contributed by atoms with Crippen LogP contribution in [0.5, 0.6) is 11.5 Å². The Kier molecular flexibility index (Phi) is 2.59. The molecule has 94 valence electrons. The molecule has 1 aromatic heterocycles. The highest BCUT2D eigenvalue weighted by atomic mass is 16.5. The molecule has 2 heterocycles. The van der Waals surface area contributed by atoms with Crippen LogP contribution in [0.3, 0.4) is 0 Å². The lowest BCUT2D eigenvalue weighted by Gasteiger charge is -2.13. The third kappa shape index (κ3) is 1.68. The van der Waals surface area contributed by atoms with Crippen molar-refractivity contribution < 1.29 is 9.47 Å². The highest BCUT2D eigenvalue weighted by Crippen LogP contribution is 2.39. The van der Waals surface area contributed by atoms with E-state index in [1.807, 2.05) is 19.1 Å². The van der Waals surface area contributed by atoms with Gasteiger partial charge in [-0.05, 0) is 24.6 Å². The Morgan fingerprint density at radius 1 is 1.22 bits per heavy atom. The zero-order chi connectivity index (χ0) is 12.5. The second-order valence-electron chi connectivity index (χ2n) is 4.31. The Morgan fingerprint density at radius 2 is 2.06 bits per heavy atom. The monoisotopic (exact) mass is 245 g/mol. The van der Waals surface area contributed by atoms with Crippen LogP contribution in [0.2, 0.25) is 0 Å². The maximum atomic E-state index is 5.86. The average molecular weight is 245 g/mol. The molecule has 0 bridgehead atoms. The van der Waals surface area contributed by atoms with Gasteiger partial charge in [0.1, 0.15) is 5.82 Å². The summed E-state index contributed by atoms with van der Waals surface area (Å²) in [5, 5.41) is 6.69. The van der Waals surface area contributed by atoms with Crippen LogP contribution in [0.25, 0.3) is 11.1 Å². The number of benzene rings is 1. The van der Waals surface area contributed by atoms with Crippen LogP contribution in [0, 0.1) is 6.92 Å². The number of fused-ring (bicyclic) bond motifs is 1. The van der Waals surface area contributed by atoms with Gasteiger partial charge in [0, 0.05) is 17.5 Å². The van der Waals surface area contributed by atoms with E-state index in [1.165, 1.54) is 0 Å². The zero-order valence-electron chi connectivity index (χ0n) is 10.2. The van der Waals surface area contributed by atoms with Crippen LogP contribution in [0.4, 0.5) is 5.82 Å². The van der Waals surface area contributed by atoms with E-state index in [-0.39, 0.29) is 0 Å². The van der Waals surface area contributed by atoms with Gasteiger partial charge in [0.05, 0.1) is 19.4 Å². The predicted octanol–water partition coefficient (Wildman–Crippen LogP) is 2.13. The highest BCUT2D eigenvalue weighted by molar-refractivity contribution is 5.78. The summed E-state index contributed by atoms with van der Waals surface area (Å²) in [7, 11) is 0. The molecule has 2 aromatic rings. The van der Waals surface area contributed by atoms with Crippen molar-refractivity contribution in [2.24, 2.45) is 0 Å². The number of hydrogen-bond acceptors (Lipinski definition) is 4. The first-order valence-electron chi connectivity index (χ1n) is 5.96. The van der Waals surface area contributed by atoms with E-state index in [9.17, 15) is 0 Å². The van der Waals surface area contributed by atoms with E-state index in [4.69, 9.17) is 15.2 Å². The molecular formula is C13H15N3O2. The van der Waals surface area contributed by atoms with E-state index in [1.54, 1.807) is 6.20 Å². The number of aromatic amines is 1. The van der Waals surface area contributed by atoms with Gasteiger partial charge in [-0.3, -0.25) is 5.10 Å². The van der Waals surface area contributed by atoms with E-state index >= 15 is 0 Å². The number of nitrogen functional groups attached to an aromatic ring is 1. The van der Waals surface area contributed by atoms with Crippen molar-refractivity contribution in [2.75, 3.05) is 18.9 Å². The maximum Gasteiger partial charge on any atom is 0.164 e. The summed E-state index contributed by atoms with van der Waals surface area (Å²) < 4.78 is 11.4. The van der Waals surface area contributed by atoms with Gasteiger partial charge in [-0.1, -0.05) is 0 Å². The second-order valence-corrected chi connectivity index (χ2v) is 4.31. The van der Waals surface area contributed by atoms with Gasteiger partial charge >= 0.3 is 0 Å². The first kappa shape index (κ1) is 11.0. The fourth-order valence-electron chi connectivity index (χ4n) is 2.18. The SMILES string of the molecule is Cc1c(-c2cn[nH]c2N)ccc2c1OCCCO2. The molecule has 18 heavy (non-hydrogen) atoms. The number of nitrogens with two attached hydrogens (primary N) is 1. The Morgan fingerprint density at radius 3 is 2.83 bits per heavy atom. The normalized spacial score (nSPS) is 14.3. The summed E-state index contributed by atoms with van der Waals surface area (Å²) in [6.45, 7) is 3.38. The molecule has 0 unspecified atom stereocenters. The molecule has 5 heteroatoms. The minimum absolute atomic E-state index is 0.563. The molecule has 3 rings (SSSR count). The molecule has 1 aromatic carbocycles. The van der Waals surface area contributed by atoms with Crippen LogP contribution in [-0.2, 0) is 0 Å². The molecular weight excluding hydrogens is 230 g/mol. The van der Waals surface area contributed by atoms with Gasteiger partial charge in [0.2, 0.25) is 0 Å². The molecule has 3 N–H and O–H groups in total. The Labute approximate surface area is 105 Å². The van der Waals surface area contributed by atoms with E-state index < -0.39 is 0 Å². The molecule has 0 amide bonds. The number of hydrogen-bond donors (Lipinski definition) is 2. The maximum absolute atomic E-state index is 5.86. The van der Waals surface area contributed by atoms with Gasteiger partial charge < -0.3 is 15.2 Å². The summed E-state index contributed by atoms with van der Waals surface area (Å²) in [6.07, 6.45) is 2.62. The fourth-order valence-corrected chi connectivity index (χ4v) is 2.18. The third-order valence-corrected chi connectivity index (χ3v) is 3.12. The largest absolute Gasteiger partial charge is 0.490 e. The van der Waals surface area contributed by atoms with Crippen molar-refractivity contribution in [1.82, 2.24) is 10.2 Å². The molecule has 0 fully saturated rings. The molecule has 0 radical (unpaired) electrons. The average Bonchev–Trinajstić information content (AvgIpc) is 2.65. The van der Waals surface area contributed by atoms with Gasteiger partial charge in [-0.25, -0.2) is 0 Å². The van der Waals surface area contributed by atoms with Crippen LogP contribution >= 0.6 is 0 Å². The lowest BCUT2D eigenvalue weighted by molar-refractivity contribution is 0.296. The van der Waals surface area contributed by atoms with E-state index in [2.05, 4.69) is 10.2 Å². The van der Waals surface area contributed by atoms with E-state index in [0.717, 1.165) is 34.6 Å². The van der Waals surface area contributed by atoms with Gasteiger partial charge in [-0.15, -0.1) is 0 Å². The minimum Gasteiger partial charge on any atom is -0.490 e. The second kappa shape index (κ2) is 4.25. The Bertz CT molecular complexity index is 578.